The van der Waals surface area contributed by atoms with E-state index in [1.165, 1.54) is 32.0 Å². The minimum atomic E-state index is -4.63. The third kappa shape index (κ3) is 6.32. The minimum Gasteiger partial charge on any atom is -0.341 e. The van der Waals surface area contributed by atoms with Gasteiger partial charge in [0.1, 0.15) is 17.9 Å². The van der Waals surface area contributed by atoms with Gasteiger partial charge in [-0.1, -0.05) is 12.1 Å². The number of piperidine rings is 1. The van der Waals surface area contributed by atoms with E-state index in [-0.39, 0.29) is 18.1 Å². The molecule has 5 rings (SSSR count). The van der Waals surface area contributed by atoms with E-state index in [9.17, 15) is 22.8 Å². The summed E-state index contributed by atoms with van der Waals surface area (Å²) in [5.41, 5.74) is -1.03. The Labute approximate surface area is 218 Å². The van der Waals surface area contributed by atoms with E-state index in [4.69, 9.17) is 0 Å². The number of benzene rings is 1. The van der Waals surface area contributed by atoms with Crippen LogP contribution < -0.4 is 15.9 Å². The van der Waals surface area contributed by atoms with E-state index >= 15 is 0 Å². The fourth-order valence-corrected chi connectivity index (χ4v) is 5.32. The van der Waals surface area contributed by atoms with Crippen molar-refractivity contribution in [3.8, 4) is 0 Å². The molecule has 0 spiro atoms. The van der Waals surface area contributed by atoms with Crippen molar-refractivity contribution in [2.45, 2.75) is 31.9 Å². The molecule has 1 aromatic heterocycles. The number of amides is 2. The smallest absolute Gasteiger partial charge is 0.341 e. The van der Waals surface area contributed by atoms with Crippen molar-refractivity contribution >= 4 is 23.6 Å². The van der Waals surface area contributed by atoms with Gasteiger partial charge in [0.15, 0.2) is 0 Å². The molecule has 0 aliphatic carbocycles. The Hall–Kier alpha value is -3.47. The zero-order chi connectivity index (χ0) is 26.7. The van der Waals surface area contributed by atoms with Crippen LogP contribution in [0.5, 0.6) is 0 Å². The first kappa shape index (κ1) is 26.1. The number of hydrogen-bond acceptors (Lipinski definition) is 6. The average Bonchev–Trinajstić information content (AvgIpc) is 3.41. The second-order valence-electron chi connectivity index (χ2n) is 10.1. The summed E-state index contributed by atoms with van der Waals surface area (Å²) in [7, 11) is 0. The van der Waals surface area contributed by atoms with Gasteiger partial charge in [-0.15, -0.1) is 0 Å². The lowest BCUT2D eigenvalue weighted by molar-refractivity contribution is -0.141. The third-order valence-electron chi connectivity index (χ3n) is 7.23. The van der Waals surface area contributed by atoms with Gasteiger partial charge in [0.25, 0.3) is 5.91 Å². The topological polar surface area (TPSA) is 81.1 Å². The van der Waals surface area contributed by atoms with Gasteiger partial charge in [-0.2, -0.15) is 18.3 Å². The van der Waals surface area contributed by atoms with Crippen molar-refractivity contribution in [2.24, 2.45) is 11.0 Å². The molecule has 3 aliphatic rings. The molecular weight excluding hydrogens is 497 g/mol. The number of likely N-dealkylation sites (tertiary alicyclic amines) is 2. The molecule has 2 aromatic rings. The number of carbonyl (C=O) groups excluding carboxylic acids is 2. The SMILES string of the molecule is O=C(Nc1ccc2c(c1)=CCN(CC(=O)N1CCC[C@H](CN3CCCC3)C1)N=2)c1cccc(C(F)(F)F)n1. The first-order valence-electron chi connectivity index (χ1n) is 13.0. The lowest BCUT2D eigenvalue weighted by atomic mass is 9.97. The molecule has 1 aromatic carbocycles. The van der Waals surface area contributed by atoms with Crippen LogP contribution in [0.3, 0.4) is 0 Å². The van der Waals surface area contributed by atoms with Crippen molar-refractivity contribution in [1.29, 1.82) is 0 Å². The Balaban J connectivity index is 1.19. The van der Waals surface area contributed by atoms with Crippen LogP contribution >= 0.6 is 0 Å². The third-order valence-corrected chi connectivity index (χ3v) is 7.23. The Morgan fingerprint density at radius 1 is 1.05 bits per heavy atom. The number of carbonyl (C=O) groups is 2. The highest BCUT2D eigenvalue weighted by Gasteiger charge is 2.33. The molecule has 11 heteroatoms. The van der Waals surface area contributed by atoms with Crippen LogP contribution in [-0.4, -0.2) is 77.4 Å². The zero-order valence-corrected chi connectivity index (χ0v) is 21.1. The van der Waals surface area contributed by atoms with E-state index in [2.05, 4.69) is 20.3 Å². The monoisotopic (exact) mass is 528 g/mol. The second-order valence-corrected chi connectivity index (χ2v) is 10.1. The van der Waals surface area contributed by atoms with Crippen LogP contribution in [0.1, 0.15) is 41.9 Å². The van der Waals surface area contributed by atoms with Gasteiger partial charge >= 0.3 is 6.18 Å². The highest BCUT2D eigenvalue weighted by Crippen LogP contribution is 2.27. The molecule has 2 fully saturated rings. The van der Waals surface area contributed by atoms with Crippen LogP contribution in [0.4, 0.5) is 18.9 Å². The predicted octanol–water partition coefficient (Wildman–Crippen LogP) is 2.32. The fourth-order valence-electron chi connectivity index (χ4n) is 5.32. The summed E-state index contributed by atoms with van der Waals surface area (Å²) in [6, 6.07) is 8.25. The Kier molecular flexibility index (Phi) is 7.64. The quantitative estimate of drug-likeness (QED) is 0.623. The molecule has 1 atom stereocenters. The minimum absolute atomic E-state index is 0.0780. The van der Waals surface area contributed by atoms with Gasteiger partial charge in [0.2, 0.25) is 5.91 Å². The molecule has 0 saturated carbocycles. The predicted molar refractivity (Wildman–Crippen MR) is 135 cm³/mol. The molecule has 1 N–H and O–H groups in total. The number of alkyl halides is 3. The van der Waals surface area contributed by atoms with Crippen molar-refractivity contribution in [3.63, 3.8) is 0 Å². The maximum Gasteiger partial charge on any atom is 0.433 e. The number of pyridine rings is 1. The summed E-state index contributed by atoms with van der Waals surface area (Å²) >= 11 is 0. The maximum atomic E-state index is 13.0. The molecule has 0 bridgehead atoms. The van der Waals surface area contributed by atoms with Crippen LogP contribution in [0.2, 0.25) is 0 Å². The lowest BCUT2D eigenvalue weighted by Crippen LogP contribution is -2.47. The number of halogens is 3. The first-order valence-corrected chi connectivity index (χ1v) is 13.0. The number of nitrogens with one attached hydrogen (secondary N) is 1. The van der Waals surface area contributed by atoms with Crippen molar-refractivity contribution in [3.05, 3.63) is 58.4 Å². The summed E-state index contributed by atoms with van der Waals surface area (Å²) in [6.07, 6.45) is 2.02. The molecule has 2 amide bonds. The highest BCUT2D eigenvalue weighted by molar-refractivity contribution is 6.02. The summed E-state index contributed by atoms with van der Waals surface area (Å²) in [5, 5.41) is 10.4. The standard InChI is InChI=1S/C27H31F3N6O2/c28-27(29,30)24-7-3-6-23(32-24)26(38)31-21-8-9-22-20(15-21)10-14-36(33-22)18-25(37)35-13-4-5-19(17-35)16-34-11-1-2-12-34/h3,6-10,15,19H,1-2,4-5,11-14,16-18H2,(H,31,38)/t19-/m1/s1. The molecule has 4 heterocycles. The van der Waals surface area contributed by atoms with E-state index in [0.29, 0.717) is 23.5 Å². The van der Waals surface area contributed by atoms with Crippen LogP contribution in [0, 0.1) is 5.92 Å². The Morgan fingerprint density at radius 3 is 2.66 bits per heavy atom. The van der Waals surface area contributed by atoms with Gasteiger partial charge in [0, 0.05) is 30.5 Å². The molecule has 8 nitrogen and oxygen atoms in total. The molecule has 0 radical (unpaired) electrons. The molecule has 3 aliphatic heterocycles. The van der Waals surface area contributed by atoms with E-state index < -0.39 is 17.8 Å². The van der Waals surface area contributed by atoms with E-state index in [1.807, 2.05) is 11.0 Å². The number of aromatic nitrogens is 1. The Morgan fingerprint density at radius 2 is 1.87 bits per heavy atom. The molecule has 0 unspecified atom stereocenters. The summed E-state index contributed by atoms with van der Waals surface area (Å²) in [5.74, 6) is -0.133. The molecule has 2 saturated heterocycles. The first-order chi connectivity index (χ1) is 18.2. The highest BCUT2D eigenvalue weighted by atomic mass is 19.4. The molecular formula is C27H31F3N6O2. The van der Waals surface area contributed by atoms with Gasteiger partial charge in [-0.3, -0.25) is 14.6 Å². The van der Waals surface area contributed by atoms with E-state index in [1.54, 1.807) is 23.2 Å². The molecule has 38 heavy (non-hydrogen) atoms. The summed E-state index contributed by atoms with van der Waals surface area (Å²) in [6.45, 7) is 5.63. The van der Waals surface area contributed by atoms with Crippen molar-refractivity contribution in [1.82, 2.24) is 19.8 Å². The summed E-state index contributed by atoms with van der Waals surface area (Å²) in [4.78, 5) is 33.4. The fraction of sp³-hybridized carbons (Fsp3) is 0.481. The Bertz CT molecular complexity index is 1310. The van der Waals surface area contributed by atoms with E-state index in [0.717, 1.165) is 49.8 Å². The second kappa shape index (κ2) is 11.1. The number of anilines is 1. The largest absolute Gasteiger partial charge is 0.433 e. The average molecular weight is 529 g/mol. The normalized spacial score (nSPS) is 19.9. The number of hydrogen-bond donors (Lipinski definition) is 1. The van der Waals surface area contributed by atoms with Crippen LogP contribution in [0.15, 0.2) is 41.5 Å². The van der Waals surface area contributed by atoms with Gasteiger partial charge < -0.3 is 15.1 Å². The maximum absolute atomic E-state index is 13.0. The van der Waals surface area contributed by atoms with Gasteiger partial charge in [-0.05, 0) is 75.0 Å². The van der Waals surface area contributed by atoms with Crippen LogP contribution in [0.25, 0.3) is 6.08 Å². The van der Waals surface area contributed by atoms with Crippen LogP contribution in [-0.2, 0) is 11.0 Å². The number of rotatable bonds is 6. The zero-order valence-electron chi connectivity index (χ0n) is 21.1. The summed E-state index contributed by atoms with van der Waals surface area (Å²) < 4.78 is 38.7. The number of fused-ring (bicyclic) bond motifs is 1. The van der Waals surface area contributed by atoms with Gasteiger partial charge in [0.05, 0.1) is 11.9 Å². The van der Waals surface area contributed by atoms with Gasteiger partial charge in [-0.25, -0.2) is 4.98 Å². The lowest BCUT2D eigenvalue weighted by Gasteiger charge is -2.35. The van der Waals surface area contributed by atoms with Crippen molar-refractivity contribution in [2.75, 3.05) is 51.1 Å². The van der Waals surface area contributed by atoms with Crippen molar-refractivity contribution < 1.29 is 22.8 Å². The number of nitrogens with zero attached hydrogens (tertiary/aromatic N) is 5. The molecule has 202 valence electrons.